The van der Waals surface area contributed by atoms with Crippen LogP contribution < -0.4 is 0 Å². The minimum absolute atomic E-state index is 0.103. The Morgan fingerprint density at radius 1 is 0.136 bits per heavy atom. The molecule has 9 heterocycles. The van der Waals surface area contributed by atoms with Crippen molar-refractivity contribution in [2.75, 3.05) is 53.3 Å². The van der Waals surface area contributed by atoms with Crippen LogP contribution >= 0.6 is 0 Å². The summed E-state index contributed by atoms with van der Waals surface area (Å²) in [5.74, 6) is 0. The highest BCUT2D eigenvalue weighted by Crippen LogP contribution is 2.47. The third-order valence-corrected chi connectivity index (χ3v) is 26.3. The fourth-order valence-corrected chi connectivity index (χ4v) is 22.1. The molecule has 88 heavy (non-hydrogen) atoms. The standard InChI is InChI=1S/C64H96N16O8/c81-57-65-33-67-43-19-3-4-20-44(43)69(58(67)82)35-71-47-23-7-8-24-48(47)73(60(71)84)37-75-51-27-11-12-28-52(51)77(62(75)86)39-79-55-31-15-16-32-56(55)80(64(79)88)40-78-54-30-14-13-29-53(54)76(63(78)87)38-74-50-26-10-9-25-49(50)72(61(74)85)36-70-46-22-6-5-21-45(46)68(59(70)83)34-66(57)42-18-2-1-17-41(42)65/h41-56H,1-40H2/t41-,42-,43-,44-,45-,46-,47-,48-,49-,50-,51-,52-,53-,54-,55-,56-/m1/s1. The molecule has 0 aromatic rings. The number of urea groups is 8. The van der Waals surface area contributed by atoms with Gasteiger partial charge in [0, 0.05) is 0 Å². The second-order valence-electron chi connectivity index (χ2n) is 30.3. The Morgan fingerprint density at radius 2 is 0.205 bits per heavy atom. The van der Waals surface area contributed by atoms with Crippen LogP contribution in [0, 0.1) is 0 Å². The maximum Gasteiger partial charge on any atom is 0.323 e. The van der Waals surface area contributed by atoms with Gasteiger partial charge in [-0.1, -0.05) is 103 Å². The minimum Gasteiger partial charge on any atom is -0.302 e. The van der Waals surface area contributed by atoms with E-state index in [-0.39, 0.29) is 198 Å². The molecule has 24 heteroatoms. The molecule has 0 aromatic heterocycles. The van der Waals surface area contributed by atoms with Crippen LogP contribution in [0.5, 0.6) is 0 Å². The monoisotopic (exact) mass is 1220 g/mol. The van der Waals surface area contributed by atoms with Crippen LogP contribution in [0.15, 0.2) is 0 Å². The first-order chi connectivity index (χ1) is 43.0. The van der Waals surface area contributed by atoms with Crippen molar-refractivity contribution < 1.29 is 38.4 Å². The van der Waals surface area contributed by atoms with Gasteiger partial charge in [-0.2, -0.15) is 0 Å². The molecule has 24 nitrogen and oxygen atoms in total. The van der Waals surface area contributed by atoms with Crippen LogP contribution in [0.1, 0.15) is 205 Å². The first kappa shape index (κ1) is 56.2. The van der Waals surface area contributed by atoms with Crippen molar-refractivity contribution in [1.82, 2.24) is 78.4 Å². The van der Waals surface area contributed by atoms with Gasteiger partial charge in [0.05, 0.1) is 150 Å². The molecule has 17 fully saturated rings. The fraction of sp³-hybridized carbons (Fsp3) is 0.875. The molecule has 16 amide bonds. The van der Waals surface area contributed by atoms with Gasteiger partial charge < -0.3 is 78.4 Å². The number of nitrogens with zero attached hydrogens (tertiary/aromatic N) is 16. The van der Waals surface area contributed by atoms with E-state index >= 15 is 38.4 Å². The summed E-state index contributed by atoms with van der Waals surface area (Å²) in [5, 5.41) is 0. The number of amides is 16. The highest BCUT2D eigenvalue weighted by Gasteiger charge is 2.61. The topological polar surface area (TPSA) is 188 Å². The van der Waals surface area contributed by atoms with E-state index in [9.17, 15) is 0 Å². The summed E-state index contributed by atoms with van der Waals surface area (Å²) in [7, 11) is 0. The van der Waals surface area contributed by atoms with E-state index in [1.165, 1.54) is 0 Å². The molecule has 480 valence electrons. The lowest BCUT2D eigenvalue weighted by molar-refractivity contribution is 0.110. The van der Waals surface area contributed by atoms with Gasteiger partial charge in [0.1, 0.15) is 0 Å². The molecule has 17 aliphatic rings. The summed E-state index contributed by atoms with van der Waals surface area (Å²) in [6.45, 7) is 1.35. The molecule has 16 bridgehead atoms. The molecule has 0 radical (unpaired) electrons. The molecule has 9 saturated heterocycles. The van der Waals surface area contributed by atoms with E-state index in [1.54, 1.807) is 0 Å². The Bertz CT molecular complexity index is 2120. The number of fused-ring (bicyclic) bond motifs is 40. The molecule has 8 aliphatic carbocycles. The molecule has 0 aromatic carbocycles. The van der Waals surface area contributed by atoms with Gasteiger partial charge in [0.15, 0.2) is 0 Å². The summed E-state index contributed by atoms with van der Waals surface area (Å²) < 4.78 is 0. The number of carbonyl (C=O) groups excluding carboxylic acids is 8. The predicted molar refractivity (Wildman–Crippen MR) is 320 cm³/mol. The lowest BCUT2D eigenvalue weighted by Crippen LogP contribution is -2.50. The maximum absolute atomic E-state index is 15.4. The molecule has 0 spiro atoms. The number of hydrogen-bond acceptors (Lipinski definition) is 8. The van der Waals surface area contributed by atoms with Gasteiger partial charge >= 0.3 is 48.2 Å². The Hall–Kier alpha value is -5.84. The first-order valence-electron chi connectivity index (χ1n) is 35.6. The van der Waals surface area contributed by atoms with E-state index in [2.05, 4.69) is 0 Å². The number of carbonyl (C=O) groups is 8. The fourth-order valence-electron chi connectivity index (χ4n) is 22.1. The van der Waals surface area contributed by atoms with E-state index in [0.717, 1.165) is 205 Å². The van der Waals surface area contributed by atoms with Gasteiger partial charge in [-0.05, 0) is 103 Å². The van der Waals surface area contributed by atoms with Gasteiger partial charge in [-0.25, -0.2) is 38.4 Å². The van der Waals surface area contributed by atoms with Crippen LogP contribution in [-0.2, 0) is 0 Å². The van der Waals surface area contributed by atoms with Gasteiger partial charge in [-0.15, -0.1) is 0 Å². The van der Waals surface area contributed by atoms with Crippen LogP contribution in [0.2, 0.25) is 0 Å². The van der Waals surface area contributed by atoms with Gasteiger partial charge in [0.2, 0.25) is 0 Å². The smallest absolute Gasteiger partial charge is 0.302 e. The van der Waals surface area contributed by atoms with Crippen LogP contribution in [-0.4, -0.2) is 277 Å². The van der Waals surface area contributed by atoms with Crippen molar-refractivity contribution in [1.29, 1.82) is 0 Å². The average molecular weight is 1220 g/mol. The van der Waals surface area contributed by atoms with Gasteiger partial charge in [-0.3, -0.25) is 0 Å². The summed E-state index contributed by atoms with van der Waals surface area (Å²) in [6, 6.07) is -2.63. The van der Waals surface area contributed by atoms with Crippen molar-refractivity contribution in [2.24, 2.45) is 0 Å². The number of hydrogen-bond donors (Lipinski definition) is 0. The number of rotatable bonds is 0. The Labute approximate surface area is 518 Å². The summed E-state index contributed by atoms with van der Waals surface area (Å²) in [5.41, 5.74) is 0. The van der Waals surface area contributed by atoms with Crippen LogP contribution in [0.4, 0.5) is 38.4 Å². The zero-order valence-electron chi connectivity index (χ0n) is 51.9. The van der Waals surface area contributed by atoms with E-state index < -0.39 is 0 Å². The SMILES string of the molecule is O=C1N2CN3C(=O)N(CN4C(=O)N(CN5C(=O)N(CN6C(=O)N(CN7C(=O)N(CN8C(=O)N(CN9C(=O)N(CN1[C@@H]1CCCC[C@H]12)[C@@H]1CCCC[C@H]19)[C@@H]1CCCC[C@H]18)[C@@H]1CCCC[C@H]17)[C@@H]1CCCC[C@H]16)[C@@H]1CCCC[C@H]15)[C@@H]1CCCC[C@H]14)[C@@H]1CCCC[C@H]13. The Morgan fingerprint density at radius 3 is 0.273 bits per heavy atom. The van der Waals surface area contributed by atoms with E-state index in [4.69, 9.17) is 0 Å². The summed E-state index contributed by atoms with van der Waals surface area (Å²) in [6.07, 6.45) is 29.0. The Balaban J connectivity index is 0.718. The van der Waals surface area contributed by atoms with Crippen molar-refractivity contribution in [2.45, 2.75) is 302 Å². The molecular formula is C64H96N16O8. The lowest BCUT2D eigenvalue weighted by Gasteiger charge is -2.37. The third kappa shape index (κ3) is 8.57. The molecule has 0 N–H and O–H groups in total. The van der Waals surface area contributed by atoms with E-state index in [0.29, 0.717) is 0 Å². The van der Waals surface area contributed by atoms with Crippen LogP contribution in [0.25, 0.3) is 0 Å². The van der Waals surface area contributed by atoms with Crippen molar-refractivity contribution in [3.8, 4) is 0 Å². The molecule has 8 saturated carbocycles. The van der Waals surface area contributed by atoms with Crippen molar-refractivity contribution >= 4 is 48.2 Å². The second kappa shape index (κ2) is 21.9. The van der Waals surface area contributed by atoms with Gasteiger partial charge in [0.25, 0.3) is 0 Å². The van der Waals surface area contributed by atoms with Crippen molar-refractivity contribution in [3.05, 3.63) is 0 Å². The largest absolute Gasteiger partial charge is 0.323 e. The lowest BCUT2D eigenvalue weighted by atomic mass is 9.89. The van der Waals surface area contributed by atoms with Crippen molar-refractivity contribution in [3.63, 3.8) is 0 Å². The molecule has 16 atom stereocenters. The normalized spacial score (nSPS) is 40.5. The minimum atomic E-state index is -0.122. The predicted octanol–water partition coefficient (Wildman–Crippen LogP) is 8.05. The first-order valence-corrected chi connectivity index (χ1v) is 35.6. The molecular weight excluding hydrogens is 1120 g/mol. The summed E-state index contributed by atoms with van der Waals surface area (Å²) in [4.78, 5) is 155. The Kier molecular flexibility index (Phi) is 14.0. The van der Waals surface area contributed by atoms with E-state index in [1.807, 2.05) is 78.4 Å². The second-order valence-corrected chi connectivity index (χ2v) is 30.3. The molecule has 0 unspecified atom stereocenters. The zero-order valence-corrected chi connectivity index (χ0v) is 51.9. The summed E-state index contributed by atoms with van der Waals surface area (Å²) >= 11 is 0. The molecule has 9 aliphatic heterocycles. The quantitative estimate of drug-likeness (QED) is 0.233. The highest BCUT2D eigenvalue weighted by molar-refractivity contribution is 5.86. The molecule has 17 rings (SSSR count). The average Bonchev–Trinajstić information content (AvgIpc) is 1.68. The van der Waals surface area contributed by atoms with Crippen LogP contribution in [0.3, 0.4) is 0 Å². The third-order valence-electron chi connectivity index (χ3n) is 26.3. The highest BCUT2D eigenvalue weighted by atomic mass is 16.2. The maximum atomic E-state index is 15.4. The zero-order chi connectivity index (χ0) is 59.4.